The normalized spacial score (nSPS) is 12.3. The molecule has 0 spiro atoms. The zero-order chi connectivity index (χ0) is 14.3. The lowest BCUT2D eigenvalue weighted by Crippen LogP contribution is -2.06. The van der Waals surface area contributed by atoms with Crippen LogP contribution >= 0.6 is 0 Å². The first kappa shape index (κ1) is 12.7. The van der Waals surface area contributed by atoms with Crippen molar-refractivity contribution in [2.24, 2.45) is 0 Å². The van der Waals surface area contributed by atoms with E-state index < -0.39 is 5.97 Å². The molecule has 1 aliphatic rings. The quantitative estimate of drug-likeness (QED) is 0.763. The summed E-state index contributed by atoms with van der Waals surface area (Å²) < 4.78 is 0. The number of carbonyl (C=O) groups excluding carboxylic acids is 1. The van der Waals surface area contributed by atoms with Crippen LogP contribution in [-0.2, 0) is 6.42 Å². The average Bonchev–Trinajstić information content (AvgIpc) is 2.95. The summed E-state index contributed by atoms with van der Waals surface area (Å²) in [5.41, 5.74) is 3.48. The Kier molecular flexibility index (Phi) is 2.93. The van der Waals surface area contributed by atoms with E-state index in [0.717, 1.165) is 18.4 Å². The lowest BCUT2D eigenvalue weighted by Gasteiger charge is -2.02. The van der Waals surface area contributed by atoms with Gasteiger partial charge in [-0.25, -0.2) is 4.79 Å². The highest BCUT2D eigenvalue weighted by Crippen LogP contribution is 2.39. The molecule has 0 amide bonds. The molecular weight excluding hydrogens is 254 g/mol. The SMILES string of the molecule is CCCCc1c(C(=O)O)[nH]c2c1C(=O)c1ccccc1-2. The van der Waals surface area contributed by atoms with E-state index in [9.17, 15) is 14.7 Å². The lowest BCUT2D eigenvalue weighted by molar-refractivity contribution is 0.0690. The molecule has 4 heteroatoms. The topological polar surface area (TPSA) is 70.2 Å². The van der Waals surface area contributed by atoms with Gasteiger partial charge in [-0.05, 0) is 18.4 Å². The fourth-order valence-electron chi connectivity index (χ4n) is 2.81. The van der Waals surface area contributed by atoms with Gasteiger partial charge in [-0.1, -0.05) is 37.6 Å². The standard InChI is InChI=1S/C16H15NO3/c1-2-3-6-11-12-13(17-14(11)16(19)20)9-7-4-5-8-10(9)15(12)18/h4-5,7-8,17H,2-3,6H2,1H3,(H,19,20). The maximum Gasteiger partial charge on any atom is 0.352 e. The molecule has 4 nitrogen and oxygen atoms in total. The largest absolute Gasteiger partial charge is 0.477 e. The number of hydrogen-bond acceptors (Lipinski definition) is 2. The second kappa shape index (κ2) is 4.63. The van der Waals surface area contributed by atoms with Gasteiger partial charge in [0.05, 0.1) is 11.3 Å². The molecule has 102 valence electrons. The number of carboxylic acid groups (broad SMARTS) is 1. The van der Waals surface area contributed by atoms with Gasteiger partial charge < -0.3 is 10.1 Å². The average molecular weight is 269 g/mol. The number of benzene rings is 1. The minimum atomic E-state index is -1.00. The van der Waals surface area contributed by atoms with E-state index in [1.165, 1.54) is 0 Å². The molecular formula is C16H15NO3. The minimum absolute atomic E-state index is 0.0644. The highest BCUT2D eigenvalue weighted by molar-refractivity contribution is 6.23. The Balaban J connectivity index is 2.21. The monoisotopic (exact) mass is 269 g/mol. The number of nitrogens with one attached hydrogen (secondary N) is 1. The Hall–Kier alpha value is -2.36. The second-order valence-electron chi connectivity index (χ2n) is 5.01. The van der Waals surface area contributed by atoms with Crippen molar-refractivity contribution in [2.45, 2.75) is 26.2 Å². The van der Waals surface area contributed by atoms with Gasteiger partial charge in [-0.3, -0.25) is 4.79 Å². The van der Waals surface area contributed by atoms with Gasteiger partial charge in [0.25, 0.3) is 0 Å². The van der Waals surface area contributed by atoms with Gasteiger partial charge in [-0.2, -0.15) is 0 Å². The lowest BCUT2D eigenvalue weighted by atomic mass is 10.0. The number of carboxylic acids is 1. The Labute approximate surface area is 116 Å². The molecule has 2 aromatic rings. The van der Waals surface area contributed by atoms with Crippen molar-refractivity contribution < 1.29 is 14.7 Å². The molecule has 0 saturated heterocycles. The van der Waals surface area contributed by atoms with E-state index in [1.807, 2.05) is 25.1 Å². The zero-order valence-electron chi connectivity index (χ0n) is 11.2. The summed E-state index contributed by atoms with van der Waals surface area (Å²) in [5.74, 6) is -1.07. The molecule has 1 heterocycles. The minimum Gasteiger partial charge on any atom is -0.477 e. The smallest absolute Gasteiger partial charge is 0.352 e. The fourth-order valence-corrected chi connectivity index (χ4v) is 2.81. The number of rotatable bonds is 4. The molecule has 0 bridgehead atoms. The van der Waals surface area contributed by atoms with Crippen molar-refractivity contribution in [1.29, 1.82) is 0 Å². The van der Waals surface area contributed by atoms with Gasteiger partial charge in [0.2, 0.25) is 0 Å². The van der Waals surface area contributed by atoms with E-state index in [1.54, 1.807) is 6.07 Å². The summed E-state index contributed by atoms with van der Waals surface area (Å²) in [6, 6.07) is 7.32. The van der Waals surface area contributed by atoms with Crippen LogP contribution < -0.4 is 0 Å². The van der Waals surface area contributed by atoms with Gasteiger partial charge in [0.15, 0.2) is 5.78 Å². The molecule has 1 aromatic carbocycles. The third kappa shape index (κ3) is 1.68. The summed E-state index contributed by atoms with van der Waals surface area (Å²) in [6.45, 7) is 2.05. The highest BCUT2D eigenvalue weighted by Gasteiger charge is 2.34. The van der Waals surface area contributed by atoms with Crippen molar-refractivity contribution in [3.8, 4) is 11.3 Å². The van der Waals surface area contributed by atoms with Gasteiger partial charge in [-0.15, -0.1) is 0 Å². The van der Waals surface area contributed by atoms with Crippen LogP contribution in [0.4, 0.5) is 0 Å². The third-order valence-corrected chi connectivity index (χ3v) is 3.77. The first-order chi connectivity index (χ1) is 9.65. The van der Waals surface area contributed by atoms with Gasteiger partial charge >= 0.3 is 5.97 Å². The van der Waals surface area contributed by atoms with E-state index in [4.69, 9.17) is 0 Å². The van der Waals surface area contributed by atoms with E-state index in [-0.39, 0.29) is 11.5 Å². The molecule has 1 aromatic heterocycles. The number of aromatic amines is 1. The van der Waals surface area contributed by atoms with Gasteiger partial charge in [0.1, 0.15) is 5.69 Å². The highest BCUT2D eigenvalue weighted by atomic mass is 16.4. The molecule has 20 heavy (non-hydrogen) atoms. The Bertz CT molecular complexity index is 713. The number of unbranched alkanes of at least 4 members (excludes halogenated alkanes) is 1. The molecule has 3 rings (SSSR count). The molecule has 0 unspecified atom stereocenters. The summed E-state index contributed by atoms with van der Waals surface area (Å²) >= 11 is 0. The van der Waals surface area contributed by atoms with E-state index >= 15 is 0 Å². The number of aromatic nitrogens is 1. The van der Waals surface area contributed by atoms with Gasteiger partial charge in [0, 0.05) is 11.1 Å². The number of carbonyl (C=O) groups is 2. The summed E-state index contributed by atoms with van der Waals surface area (Å²) in [6.07, 6.45) is 2.44. The molecule has 0 aliphatic heterocycles. The molecule has 0 atom stereocenters. The van der Waals surface area contributed by atoms with Crippen LogP contribution in [-0.4, -0.2) is 21.8 Å². The van der Waals surface area contributed by atoms with Crippen LogP contribution in [0.5, 0.6) is 0 Å². The van der Waals surface area contributed by atoms with Crippen molar-refractivity contribution >= 4 is 11.8 Å². The summed E-state index contributed by atoms with van der Waals surface area (Å²) in [4.78, 5) is 26.8. The number of aromatic carboxylic acids is 1. The summed E-state index contributed by atoms with van der Waals surface area (Å²) in [7, 11) is 0. The predicted molar refractivity (Wildman–Crippen MR) is 75.2 cm³/mol. The first-order valence-corrected chi connectivity index (χ1v) is 6.77. The van der Waals surface area contributed by atoms with Crippen molar-refractivity contribution in [1.82, 2.24) is 4.98 Å². The molecule has 0 radical (unpaired) electrons. The van der Waals surface area contributed by atoms with E-state index in [2.05, 4.69) is 4.98 Å². The molecule has 0 saturated carbocycles. The van der Waals surface area contributed by atoms with Crippen molar-refractivity contribution in [2.75, 3.05) is 0 Å². The van der Waals surface area contributed by atoms with Crippen molar-refractivity contribution in [3.63, 3.8) is 0 Å². The molecule has 1 aliphatic carbocycles. The van der Waals surface area contributed by atoms with Crippen LogP contribution in [0.1, 0.15) is 51.7 Å². The number of fused-ring (bicyclic) bond motifs is 3. The second-order valence-corrected chi connectivity index (χ2v) is 5.01. The Morgan fingerprint density at radius 1 is 1.25 bits per heavy atom. The maximum atomic E-state index is 12.5. The number of H-pyrrole nitrogens is 1. The van der Waals surface area contributed by atoms with Crippen LogP contribution in [0.15, 0.2) is 24.3 Å². The molecule has 0 fully saturated rings. The Morgan fingerprint density at radius 2 is 1.95 bits per heavy atom. The fraction of sp³-hybridized carbons (Fsp3) is 0.250. The maximum absolute atomic E-state index is 12.5. The van der Waals surface area contributed by atoms with E-state index in [0.29, 0.717) is 28.8 Å². The zero-order valence-corrected chi connectivity index (χ0v) is 11.2. The summed E-state index contributed by atoms with van der Waals surface area (Å²) in [5, 5.41) is 9.31. The van der Waals surface area contributed by atoms with Crippen LogP contribution in [0.3, 0.4) is 0 Å². The van der Waals surface area contributed by atoms with Crippen LogP contribution in [0.2, 0.25) is 0 Å². The first-order valence-electron chi connectivity index (χ1n) is 6.77. The van der Waals surface area contributed by atoms with Crippen molar-refractivity contribution in [3.05, 3.63) is 46.6 Å². The molecule has 2 N–H and O–H groups in total. The number of hydrogen-bond donors (Lipinski definition) is 2. The van der Waals surface area contributed by atoms with Crippen LogP contribution in [0, 0.1) is 0 Å². The number of ketones is 1. The van der Waals surface area contributed by atoms with Crippen LogP contribution in [0.25, 0.3) is 11.3 Å². The third-order valence-electron chi connectivity index (χ3n) is 3.77. The Morgan fingerprint density at radius 3 is 2.60 bits per heavy atom. The predicted octanol–water partition coefficient (Wildman–Crippen LogP) is 3.27.